The fourth-order valence-electron chi connectivity index (χ4n) is 1.04. The van der Waals surface area contributed by atoms with Gasteiger partial charge in [-0.1, -0.05) is 5.16 Å². The molecule has 0 fully saturated rings. The van der Waals surface area contributed by atoms with Gasteiger partial charge in [0.1, 0.15) is 5.76 Å². The second-order valence-corrected chi connectivity index (χ2v) is 6.85. The fourth-order valence-corrected chi connectivity index (χ4v) is 3.50. The van der Waals surface area contributed by atoms with E-state index in [9.17, 15) is 9.46 Å². The highest BCUT2D eigenvalue weighted by molar-refractivity contribution is 8.00. The van der Waals surface area contributed by atoms with Gasteiger partial charge in [0.15, 0.2) is 5.82 Å². The van der Waals surface area contributed by atoms with E-state index < -0.39 is 20.7 Å². The first-order valence-electron chi connectivity index (χ1n) is 4.74. The summed E-state index contributed by atoms with van der Waals surface area (Å²) in [6, 6.07) is 1.28. The average Bonchev–Trinajstić information content (AvgIpc) is 2.58. The van der Waals surface area contributed by atoms with Crippen LogP contribution in [0.25, 0.3) is 0 Å². The topological polar surface area (TPSA) is 146 Å². The minimum absolute atomic E-state index is 0.176. The maximum atomic E-state index is 11.7. The van der Waals surface area contributed by atoms with Crippen LogP contribution in [0, 0.1) is 6.92 Å². The van der Waals surface area contributed by atoms with E-state index in [2.05, 4.69) is 19.2 Å². The van der Waals surface area contributed by atoms with Gasteiger partial charge >= 0.3 is 20.7 Å². The van der Waals surface area contributed by atoms with Crippen LogP contribution in [0.3, 0.4) is 0 Å². The Kier molecular flexibility index (Phi) is 4.74. The van der Waals surface area contributed by atoms with Gasteiger partial charge in [0.25, 0.3) is 0 Å². The molecule has 0 aliphatic rings. The van der Waals surface area contributed by atoms with Crippen molar-refractivity contribution in [1.29, 1.82) is 0 Å². The molecule has 0 amide bonds. The molecule has 4 N–H and O–H groups in total. The maximum absolute atomic E-state index is 11.7. The van der Waals surface area contributed by atoms with Crippen LogP contribution in [-0.4, -0.2) is 36.5 Å². The van der Waals surface area contributed by atoms with Crippen molar-refractivity contribution in [2.75, 3.05) is 6.61 Å². The summed E-state index contributed by atoms with van der Waals surface area (Å²) < 4.78 is 20.8. The first kappa shape index (κ1) is 15.4. The van der Waals surface area contributed by atoms with E-state index in [1.807, 2.05) is 0 Å². The first-order valence-corrected chi connectivity index (χ1v) is 7.97. The summed E-state index contributed by atoms with van der Waals surface area (Å²) in [6.45, 7) is 2.80. The number of aliphatic imine (C=N–C) groups is 1. The quantitative estimate of drug-likeness (QED) is 0.464. The highest BCUT2D eigenvalue weighted by Crippen LogP contribution is 2.63. The normalized spacial score (nSPS) is 16.7. The first-order chi connectivity index (χ1) is 8.16. The monoisotopic (exact) mass is 299 g/mol. The number of hydrogen-bond donors (Lipinski definition) is 4. The van der Waals surface area contributed by atoms with Crippen molar-refractivity contribution in [2.45, 2.75) is 13.8 Å². The zero-order valence-electron chi connectivity index (χ0n) is 9.59. The van der Waals surface area contributed by atoms with Gasteiger partial charge in [0, 0.05) is 6.07 Å². The fraction of sp³-hybridized carbons (Fsp3) is 0.429. The molecule has 11 heteroatoms. The Morgan fingerprint density at radius 1 is 1.61 bits per heavy atom. The average molecular weight is 299 g/mol. The summed E-state index contributed by atoms with van der Waals surface area (Å²) in [5, 5.41) is 2.23. The standard InChI is InChI=1S/C7H12N2O7P2/c1-3-15-18(13,14)7(17(10,11)12)8-6-4-5(2)16-9-6/h4,10-12H,3H2,1-2H3/p+1. The van der Waals surface area contributed by atoms with Gasteiger partial charge in [-0.2, -0.15) is 19.7 Å². The Bertz CT molecular complexity index is 492. The molecule has 0 bridgehead atoms. The van der Waals surface area contributed by atoms with Gasteiger partial charge in [-0.05, 0) is 13.8 Å². The van der Waals surface area contributed by atoms with Crippen LogP contribution >= 0.6 is 15.5 Å². The molecule has 1 heterocycles. The van der Waals surface area contributed by atoms with Crippen LogP contribution in [0.4, 0.5) is 5.82 Å². The van der Waals surface area contributed by atoms with Crippen LogP contribution in [0.15, 0.2) is 15.6 Å². The number of rotatable bonds is 5. The molecule has 0 aliphatic heterocycles. The third-order valence-corrected chi connectivity index (χ3v) is 5.07. The zero-order chi connectivity index (χ0) is 14.0. The molecule has 0 aliphatic carbocycles. The van der Waals surface area contributed by atoms with Gasteiger partial charge < -0.3 is 13.9 Å². The molecule has 1 aromatic heterocycles. The minimum atomic E-state index is -4.80. The Morgan fingerprint density at radius 2 is 2.22 bits per heavy atom. The SMILES string of the molecule is CCOP(=O)(O)C(=Nc1cc(C)on1)[P+](O)(O)O. The van der Waals surface area contributed by atoms with E-state index >= 15 is 0 Å². The Labute approximate surface area is 103 Å². The molecular formula is C7H13N2O7P2+. The summed E-state index contributed by atoms with van der Waals surface area (Å²) in [4.78, 5) is 40.3. The lowest BCUT2D eigenvalue weighted by Crippen LogP contribution is -2.08. The molecule has 0 radical (unpaired) electrons. The zero-order valence-corrected chi connectivity index (χ0v) is 11.4. The van der Waals surface area contributed by atoms with Gasteiger partial charge in [-0.25, -0.2) is 4.57 Å². The Morgan fingerprint density at radius 3 is 2.61 bits per heavy atom. The Balaban J connectivity index is 3.23. The van der Waals surface area contributed by atoms with E-state index in [-0.39, 0.29) is 12.4 Å². The van der Waals surface area contributed by atoms with Crippen molar-refractivity contribution in [3.63, 3.8) is 0 Å². The van der Waals surface area contributed by atoms with Crippen molar-refractivity contribution in [3.05, 3.63) is 11.8 Å². The summed E-state index contributed by atoms with van der Waals surface area (Å²) in [6.07, 6.45) is 0. The van der Waals surface area contributed by atoms with Crippen molar-refractivity contribution in [2.24, 2.45) is 4.99 Å². The maximum Gasteiger partial charge on any atom is 0.469 e. The van der Waals surface area contributed by atoms with Crippen LogP contribution in [0.5, 0.6) is 0 Å². The van der Waals surface area contributed by atoms with Crippen LogP contribution in [0.2, 0.25) is 0 Å². The molecular weight excluding hydrogens is 286 g/mol. The van der Waals surface area contributed by atoms with Crippen molar-refractivity contribution in [3.8, 4) is 0 Å². The van der Waals surface area contributed by atoms with E-state index in [0.29, 0.717) is 5.76 Å². The van der Waals surface area contributed by atoms with Crippen molar-refractivity contribution in [1.82, 2.24) is 5.16 Å². The summed E-state index contributed by atoms with van der Waals surface area (Å²) in [5.74, 6) is 0.174. The smallest absolute Gasteiger partial charge is 0.359 e. The number of nitrogens with zero attached hydrogens (tertiary/aromatic N) is 2. The van der Waals surface area contributed by atoms with E-state index in [0.717, 1.165) is 0 Å². The summed E-state index contributed by atoms with van der Waals surface area (Å²) in [5.41, 5.74) is 0. The lowest BCUT2D eigenvalue weighted by atomic mass is 10.5. The molecule has 1 rings (SSSR count). The summed E-state index contributed by atoms with van der Waals surface area (Å²) in [7, 11) is -9.42. The van der Waals surface area contributed by atoms with Gasteiger partial charge in [-0.3, -0.25) is 0 Å². The number of aryl methyl sites for hydroxylation is 1. The largest absolute Gasteiger partial charge is 0.469 e. The van der Waals surface area contributed by atoms with Gasteiger partial charge in [-0.15, -0.1) is 0 Å². The second kappa shape index (κ2) is 5.54. The van der Waals surface area contributed by atoms with Crippen molar-refractivity contribution < 1.29 is 33.2 Å². The van der Waals surface area contributed by atoms with Crippen molar-refractivity contribution >= 4 is 26.6 Å². The van der Waals surface area contributed by atoms with Gasteiger partial charge in [0.05, 0.1) is 6.61 Å². The number of aromatic nitrogens is 1. The second-order valence-electron chi connectivity index (χ2n) is 3.21. The lowest BCUT2D eigenvalue weighted by Gasteiger charge is -2.11. The molecule has 1 unspecified atom stereocenters. The highest BCUT2D eigenvalue weighted by atomic mass is 31.3. The molecule has 1 aromatic rings. The van der Waals surface area contributed by atoms with Gasteiger partial charge in [0.2, 0.25) is 0 Å². The van der Waals surface area contributed by atoms with E-state index in [1.54, 1.807) is 6.92 Å². The van der Waals surface area contributed by atoms with E-state index in [1.165, 1.54) is 13.0 Å². The third-order valence-electron chi connectivity index (χ3n) is 1.66. The molecule has 1 atom stereocenters. The molecule has 102 valence electrons. The molecule has 9 nitrogen and oxygen atoms in total. The van der Waals surface area contributed by atoms with E-state index in [4.69, 9.17) is 14.7 Å². The molecule has 0 aromatic carbocycles. The minimum Gasteiger partial charge on any atom is -0.359 e. The third kappa shape index (κ3) is 3.93. The van der Waals surface area contributed by atoms with Crippen LogP contribution < -0.4 is 0 Å². The molecule has 0 saturated carbocycles. The lowest BCUT2D eigenvalue weighted by molar-refractivity contribution is 0.285. The predicted octanol–water partition coefficient (Wildman–Crippen LogP) is 0.932. The highest BCUT2D eigenvalue weighted by Gasteiger charge is 2.53. The molecule has 0 spiro atoms. The van der Waals surface area contributed by atoms with Crippen LogP contribution in [-0.2, 0) is 9.09 Å². The number of hydrogen-bond acceptors (Lipinski definition) is 8. The summed E-state index contributed by atoms with van der Waals surface area (Å²) >= 11 is 0. The molecule has 0 saturated heterocycles. The predicted molar refractivity (Wildman–Crippen MR) is 63.4 cm³/mol. The Hall–Kier alpha value is -0.660. The molecule has 18 heavy (non-hydrogen) atoms. The van der Waals surface area contributed by atoms with Crippen LogP contribution in [0.1, 0.15) is 12.7 Å².